The van der Waals surface area contributed by atoms with Crippen molar-refractivity contribution in [3.05, 3.63) is 23.8 Å². The number of fused-ring (bicyclic) bond motifs is 1. The fourth-order valence-electron chi connectivity index (χ4n) is 2.52. The van der Waals surface area contributed by atoms with Gasteiger partial charge in [0, 0.05) is 32.7 Å². The van der Waals surface area contributed by atoms with Crippen molar-refractivity contribution in [1.29, 1.82) is 0 Å². The highest BCUT2D eigenvalue weighted by Crippen LogP contribution is 2.32. The molecular weight excluding hydrogens is 260 g/mol. The van der Waals surface area contributed by atoms with Gasteiger partial charge in [0.05, 0.1) is 7.11 Å². The van der Waals surface area contributed by atoms with Crippen molar-refractivity contribution >= 4 is 6.09 Å². The van der Waals surface area contributed by atoms with Gasteiger partial charge in [-0.05, 0) is 17.7 Å². The molecule has 6 heteroatoms. The fourth-order valence-corrected chi connectivity index (χ4v) is 2.52. The molecule has 108 valence electrons. The number of methoxy groups -OCH3 is 1. The average Bonchev–Trinajstić information content (AvgIpc) is 2.95. The minimum atomic E-state index is -0.243. The standard InChI is InChI=1S/C14H18N2O4/c1-18-14(17)16-6-4-15(5-7-16)9-11-2-3-12-13(8-11)20-10-19-12/h2-3,8H,4-7,9-10H2,1H3. The Morgan fingerprint density at radius 1 is 1.20 bits per heavy atom. The average molecular weight is 278 g/mol. The van der Waals surface area contributed by atoms with Gasteiger partial charge >= 0.3 is 6.09 Å². The van der Waals surface area contributed by atoms with Crippen LogP contribution in [0.3, 0.4) is 0 Å². The molecule has 1 aromatic carbocycles. The summed E-state index contributed by atoms with van der Waals surface area (Å²) < 4.78 is 15.4. The third kappa shape index (κ3) is 2.65. The van der Waals surface area contributed by atoms with E-state index in [-0.39, 0.29) is 6.09 Å². The molecule has 1 aromatic rings. The van der Waals surface area contributed by atoms with Gasteiger partial charge in [-0.1, -0.05) is 6.07 Å². The summed E-state index contributed by atoms with van der Waals surface area (Å²) in [5.74, 6) is 1.62. The van der Waals surface area contributed by atoms with E-state index >= 15 is 0 Å². The van der Waals surface area contributed by atoms with Crippen molar-refractivity contribution in [1.82, 2.24) is 9.80 Å². The first-order valence-corrected chi connectivity index (χ1v) is 6.70. The van der Waals surface area contributed by atoms with E-state index < -0.39 is 0 Å². The highest BCUT2D eigenvalue weighted by molar-refractivity contribution is 5.67. The molecule has 2 aliphatic heterocycles. The zero-order chi connectivity index (χ0) is 13.9. The van der Waals surface area contributed by atoms with Crippen molar-refractivity contribution in [2.75, 3.05) is 40.1 Å². The lowest BCUT2D eigenvalue weighted by Gasteiger charge is -2.33. The van der Waals surface area contributed by atoms with Gasteiger partial charge in [0.1, 0.15) is 0 Å². The lowest BCUT2D eigenvalue weighted by Crippen LogP contribution is -2.48. The number of piperazine rings is 1. The Balaban J connectivity index is 1.56. The Hall–Kier alpha value is -1.95. The molecule has 3 rings (SSSR count). The zero-order valence-corrected chi connectivity index (χ0v) is 11.5. The summed E-state index contributed by atoms with van der Waals surface area (Å²) in [6.45, 7) is 4.27. The highest BCUT2D eigenvalue weighted by Gasteiger charge is 2.22. The first kappa shape index (κ1) is 13.1. The van der Waals surface area contributed by atoms with Gasteiger partial charge in [-0.2, -0.15) is 0 Å². The zero-order valence-electron chi connectivity index (χ0n) is 11.5. The Labute approximate surface area is 117 Å². The summed E-state index contributed by atoms with van der Waals surface area (Å²) in [7, 11) is 1.42. The van der Waals surface area contributed by atoms with E-state index in [4.69, 9.17) is 14.2 Å². The summed E-state index contributed by atoms with van der Waals surface area (Å²) in [4.78, 5) is 15.5. The van der Waals surface area contributed by atoms with Crippen LogP contribution in [-0.4, -0.2) is 56.0 Å². The second kappa shape index (κ2) is 5.58. The molecule has 0 saturated carbocycles. The van der Waals surface area contributed by atoms with E-state index in [1.165, 1.54) is 12.7 Å². The van der Waals surface area contributed by atoms with Crippen molar-refractivity contribution in [2.24, 2.45) is 0 Å². The van der Waals surface area contributed by atoms with E-state index in [2.05, 4.69) is 11.0 Å². The van der Waals surface area contributed by atoms with E-state index in [9.17, 15) is 4.79 Å². The molecule has 1 saturated heterocycles. The fraction of sp³-hybridized carbons (Fsp3) is 0.500. The quantitative estimate of drug-likeness (QED) is 0.816. The first-order chi connectivity index (χ1) is 9.76. The van der Waals surface area contributed by atoms with Crippen LogP contribution in [-0.2, 0) is 11.3 Å². The molecule has 0 unspecified atom stereocenters. The molecule has 2 aliphatic rings. The van der Waals surface area contributed by atoms with Gasteiger partial charge in [0.2, 0.25) is 6.79 Å². The largest absolute Gasteiger partial charge is 0.454 e. The van der Waals surface area contributed by atoms with E-state index in [1.807, 2.05) is 12.1 Å². The predicted octanol–water partition coefficient (Wildman–Crippen LogP) is 1.30. The summed E-state index contributed by atoms with van der Waals surface area (Å²) in [6.07, 6.45) is -0.243. The molecule has 6 nitrogen and oxygen atoms in total. The monoisotopic (exact) mass is 278 g/mol. The minimum absolute atomic E-state index is 0.243. The Bertz CT molecular complexity index is 498. The van der Waals surface area contributed by atoms with Crippen LogP contribution in [0.2, 0.25) is 0 Å². The summed E-state index contributed by atoms with van der Waals surface area (Å²) in [5, 5.41) is 0. The Morgan fingerprint density at radius 2 is 1.95 bits per heavy atom. The third-order valence-electron chi connectivity index (χ3n) is 3.65. The van der Waals surface area contributed by atoms with Gasteiger partial charge in [0.15, 0.2) is 11.5 Å². The van der Waals surface area contributed by atoms with Crippen LogP contribution in [0.1, 0.15) is 5.56 Å². The molecule has 1 fully saturated rings. The molecule has 0 atom stereocenters. The lowest BCUT2D eigenvalue weighted by atomic mass is 10.1. The van der Waals surface area contributed by atoms with Gasteiger partial charge < -0.3 is 19.1 Å². The Morgan fingerprint density at radius 3 is 2.70 bits per heavy atom. The van der Waals surface area contributed by atoms with E-state index in [0.717, 1.165) is 31.1 Å². The molecule has 2 heterocycles. The summed E-state index contributed by atoms with van der Waals surface area (Å²) >= 11 is 0. The van der Waals surface area contributed by atoms with Crippen molar-refractivity contribution in [3.63, 3.8) is 0 Å². The Kier molecular flexibility index (Phi) is 3.64. The van der Waals surface area contributed by atoms with Crippen LogP contribution in [0.15, 0.2) is 18.2 Å². The summed E-state index contributed by atoms with van der Waals surface area (Å²) in [6, 6.07) is 6.03. The van der Waals surface area contributed by atoms with Gasteiger partial charge in [-0.3, -0.25) is 4.90 Å². The molecule has 0 aliphatic carbocycles. The van der Waals surface area contributed by atoms with Crippen LogP contribution >= 0.6 is 0 Å². The van der Waals surface area contributed by atoms with Crippen molar-refractivity contribution in [2.45, 2.75) is 6.54 Å². The number of carbonyl (C=O) groups excluding carboxylic acids is 1. The smallest absolute Gasteiger partial charge is 0.409 e. The third-order valence-corrected chi connectivity index (χ3v) is 3.65. The topological polar surface area (TPSA) is 51.2 Å². The highest BCUT2D eigenvalue weighted by atomic mass is 16.7. The molecule has 0 N–H and O–H groups in total. The van der Waals surface area contributed by atoms with Gasteiger partial charge in [-0.25, -0.2) is 4.79 Å². The molecule has 0 radical (unpaired) electrons. The van der Waals surface area contributed by atoms with Crippen LogP contribution in [0.5, 0.6) is 11.5 Å². The number of hydrogen-bond donors (Lipinski definition) is 0. The number of amides is 1. The molecule has 1 amide bonds. The number of benzene rings is 1. The van der Waals surface area contributed by atoms with Gasteiger partial charge in [0.25, 0.3) is 0 Å². The molecule has 0 spiro atoms. The number of rotatable bonds is 2. The van der Waals surface area contributed by atoms with Crippen LogP contribution < -0.4 is 9.47 Å². The lowest BCUT2D eigenvalue weighted by molar-refractivity contribution is 0.0889. The maximum absolute atomic E-state index is 11.4. The summed E-state index contributed by atoms with van der Waals surface area (Å²) in [5.41, 5.74) is 1.20. The van der Waals surface area contributed by atoms with E-state index in [0.29, 0.717) is 19.9 Å². The second-order valence-electron chi connectivity index (χ2n) is 4.92. The van der Waals surface area contributed by atoms with Crippen molar-refractivity contribution < 1.29 is 19.0 Å². The van der Waals surface area contributed by atoms with E-state index in [1.54, 1.807) is 4.90 Å². The number of carbonyl (C=O) groups is 1. The number of ether oxygens (including phenoxy) is 3. The molecule has 0 bridgehead atoms. The SMILES string of the molecule is COC(=O)N1CCN(Cc2ccc3c(c2)OCO3)CC1. The molecule has 0 aromatic heterocycles. The maximum Gasteiger partial charge on any atom is 0.409 e. The second-order valence-corrected chi connectivity index (χ2v) is 4.92. The van der Waals surface area contributed by atoms with Crippen LogP contribution in [0.4, 0.5) is 4.79 Å². The minimum Gasteiger partial charge on any atom is -0.454 e. The van der Waals surface area contributed by atoms with Crippen molar-refractivity contribution in [3.8, 4) is 11.5 Å². The normalized spacial score (nSPS) is 18.1. The predicted molar refractivity (Wildman–Crippen MR) is 71.8 cm³/mol. The van der Waals surface area contributed by atoms with Crippen LogP contribution in [0, 0.1) is 0 Å². The maximum atomic E-state index is 11.4. The molecule has 20 heavy (non-hydrogen) atoms. The first-order valence-electron chi connectivity index (χ1n) is 6.70. The van der Waals surface area contributed by atoms with Gasteiger partial charge in [-0.15, -0.1) is 0 Å². The molecular formula is C14H18N2O4. The number of nitrogens with zero attached hydrogens (tertiary/aromatic N) is 2. The number of hydrogen-bond acceptors (Lipinski definition) is 5. The van der Waals surface area contributed by atoms with Crippen LogP contribution in [0.25, 0.3) is 0 Å².